The van der Waals surface area contributed by atoms with Crippen LogP contribution in [-0.2, 0) is 0 Å². The average Bonchev–Trinajstić information content (AvgIpc) is 2.51. The van der Waals surface area contributed by atoms with Gasteiger partial charge >= 0.3 is 0 Å². The van der Waals surface area contributed by atoms with E-state index in [1.165, 1.54) is 16.7 Å². The van der Waals surface area contributed by atoms with Crippen molar-refractivity contribution >= 4 is 5.96 Å². The first-order valence-corrected chi connectivity index (χ1v) is 4.80. The maximum atomic E-state index is 5.58. The molecule has 0 saturated carbocycles. The summed E-state index contributed by atoms with van der Waals surface area (Å²) in [6, 6.07) is 6.72. The number of hydrogen-bond donors (Lipinski definition) is 2. The molecule has 0 aromatic heterocycles. The molecule has 0 bridgehead atoms. The molecule has 1 atom stereocenters. The molecule has 0 radical (unpaired) electrons. The Balaban J connectivity index is 2.25. The highest BCUT2D eigenvalue weighted by Gasteiger charge is 2.18. The Bertz CT molecular complexity index is 382. The molecule has 0 spiro atoms. The monoisotopic (exact) mass is 189 g/mol. The summed E-state index contributed by atoms with van der Waals surface area (Å²) in [4.78, 5) is 4.14. The summed E-state index contributed by atoms with van der Waals surface area (Å²) in [6.07, 6.45) is 0. The van der Waals surface area contributed by atoms with Crippen molar-refractivity contribution in [2.75, 3.05) is 6.54 Å². The predicted octanol–water partition coefficient (Wildman–Crippen LogP) is 1.26. The third-order valence-corrected chi connectivity index (χ3v) is 2.57. The van der Waals surface area contributed by atoms with Crippen LogP contribution in [0.3, 0.4) is 0 Å². The summed E-state index contributed by atoms with van der Waals surface area (Å²) >= 11 is 0. The lowest BCUT2D eigenvalue weighted by atomic mass is 10.00. The molecule has 74 valence electrons. The van der Waals surface area contributed by atoms with Crippen molar-refractivity contribution in [1.82, 2.24) is 5.32 Å². The summed E-state index contributed by atoms with van der Waals surface area (Å²) in [6.45, 7) is 4.97. The number of hydrogen-bond acceptors (Lipinski definition) is 3. The highest BCUT2D eigenvalue weighted by atomic mass is 15.2. The van der Waals surface area contributed by atoms with Gasteiger partial charge in [-0.05, 0) is 25.0 Å². The molecule has 14 heavy (non-hydrogen) atoms. The van der Waals surface area contributed by atoms with Gasteiger partial charge < -0.3 is 11.1 Å². The Morgan fingerprint density at radius 3 is 2.79 bits per heavy atom. The van der Waals surface area contributed by atoms with E-state index in [0.29, 0.717) is 5.96 Å². The molecule has 1 aliphatic rings. The van der Waals surface area contributed by atoms with Crippen LogP contribution in [0.5, 0.6) is 0 Å². The fourth-order valence-corrected chi connectivity index (χ4v) is 1.85. The largest absolute Gasteiger partial charge is 0.370 e. The average molecular weight is 189 g/mol. The first kappa shape index (κ1) is 9.06. The van der Waals surface area contributed by atoms with Crippen LogP contribution in [-0.4, -0.2) is 12.5 Å². The van der Waals surface area contributed by atoms with Crippen molar-refractivity contribution < 1.29 is 0 Å². The first-order chi connectivity index (χ1) is 6.66. The fraction of sp³-hybridized carbons (Fsp3) is 0.364. The molecule has 3 N–H and O–H groups in total. The van der Waals surface area contributed by atoms with E-state index in [1.807, 2.05) is 0 Å². The summed E-state index contributed by atoms with van der Waals surface area (Å²) in [5.74, 6) is 0.551. The molecule has 1 heterocycles. The number of aryl methyl sites for hydroxylation is 2. The molecule has 1 aromatic carbocycles. The maximum Gasteiger partial charge on any atom is 0.189 e. The molecule has 0 aliphatic carbocycles. The third-order valence-electron chi connectivity index (χ3n) is 2.57. The van der Waals surface area contributed by atoms with Gasteiger partial charge in [-0.2, -0.15) is 0 Å². The van der Waals surface area contributed by atoms with Gasteiger partial charge in [-0.1, -0.05) is 23.8 Å². The SMILES string of the molecule is Cc1ccc(C2CN=C(N)N2)c(C)c1. The molecule has 0 saturated heterocycles. The van der Waals surface area contributed by atoms with Crippen LogP contribution < -0.4 is 11.1 Å². The summed E-state index contributed by atoms with van der Waals surface area (Å²) < 4.78 is 0. The van der Waals surface area contributed by atoms with Crippen LogP contribution in [0.2, 0.25) is 0 Å². The Labute approximate surface area is 84.0 Å². The van der Waals surface area contributed by atoms with E-state index in [0.717, 1.165) is 6.54 Å². The molecule has 1 aliphatic heterocycles. The van der Waals surface area contributed by atoms with Gasteiger partial charge in [0, 0.05) is 0 Å². The zero-order valence-electron chi connectivity index (χ0n) is 8.54. The lowest BCUT2D eigenvalue weighted by Gasteiger charge is -2.14. The number of nitrogens with zero attached hydrogens (tertiary/aromatic N) is 1. The minimum absolute atomic E-state index is 0.260. The highest BCUT2D eigenvalue weighted by molar-refractivity contribution is 5.80. The zero-order chi connectivity index (χ0) is 10.1. The molecular formula is C11H15N3. The molecule has 0 fully saturated rings. The fourth-order valence-electron chi connectivity index (χ4n) is 1.85. The van der Waals surface area contributed by atoms with Crippen molar-refractivity contribution in [2.24, 2.45) is 10.7 Å². The molecule has 1 aromatic rings. The van der Waals surface area contributed by atoms with Crippen LogP contribution in [0, 0.1) is 13.8 Å². The van der Waals surface area contributed by atoms with E-state index in [-0.39, 0.29) is 6.04 Å². The zero-order valence-corrected chi connectivity index (χ0v) is 8.54. The van der Waals surface area contributed by atoms with E-state index in [2.05, 4.69) is 42.4 Å². The molecule has 3 heteroatoms. The third kappa shape index (κ3) is 1.58. The number of rotatable bonds is 1. The van der Waals surface area contributed by atoms with Crippen LogP contribution in [0.1, 0.15) is 22.7 Å². The van der Waals surface area contributed by atoms with Gasteiger partial charge in [0.2, 0.25) is 0 Å². The van der Waals surface area contributed by atoms with Crippen LogP contribution in [0.25, 0.3) is 0 Å². The van der Waals surface area contributed by atoms with E-state index >= 15 is 0 Å². The number of nitrogens with one attached hydrogen (secondary N) is 1. The predicted molar refractivity (Wildman–Crippen MR) is 58.3 cm³/mol. The number of benzene rings is 1. The van der Waals surface area contributed by atoms with Gasteiger partial charge in [0.05, 0.1) is 12.6 Å². The Kier molecular flexibility index (Phi) is 2.15. The van der Waals surface area contributed by atoms with Gasteiger partial charge in [0.25, 0.3) is 0 Å². The maximum absolute atomic E-state index is 5.58. The Morgan fingerprint density at radius 2 is 2.21 bits per heavy atom. The van der Waals surface area contributed by atoms with E-state index in [9.17, 15) is 0 Å². The summed E-state index contributed by atoms with van der Waals surface area (Å²) in [5.41, 5.74) is 9.46. The second kappa shape index (κ2) is 3.33. The number of guanidine groups is 1. The van der Waals surface area contributed by atoms with Gasteiger partial charge in [0.15, 0.2) is 5.96 Å². The molecule has 0 amide bonds. The Morgan fingerprint density at radius 1 is 1.43 bits per heavy atom. The van der Waals surface area contributed by atoms with Crippen LogP contribution in [0.15, 0.2) is 23.2 Å². The highest BCUT2D eigenvalue weighted by Crippen LogP contribution is 2.21. The van der Waals surface area contributed by atoms with Gasteiger partial charge in [-0.15, -0.1) is 0 Å². The van der Waals surface area contributed by atoms with Gasteiger partial charge in [-0.25, -0.2) is 0 Å². The summed E-state index contributed by atoms with van der Waals surface area (Å²) in [7, 11) is 0. The normalized spacial score (nSPS) is 20.4. The number of nitrogens with two attached hydrogens (primary N) is 1. The van der Waals surface area contributed by atoms with Crippen LogP contribution in [0.4, 0.5) is 0 Å². The van der Waals surface area contributed by atoms with Crippen molar-refractivity contribution in [3.63, 3.8) is 0 Å². The van der Waals surface area contributed by atoms with Crippen molar-refractivity contribution in [3.05, 3.63) is 34.9 Å². The first-order valence-electron chi connectivity index (χ1n) is 4.80. The van der Waals surface area contributed by atoms with Gasteiger partial charge in [-0.3, -0.25) is 4.99 Å². The minimum Gasteiger partial charge on any atom is -0.370 e. The van der Waals surface area contributed by atoms with Crippen molar-refractivity contribution in [2.45, 2.75) is 19.9 Å². The van der Waals surface area contributed by atoms with E-state index in [1.54, 1.807) is 0 Å². The molecule has 3 nitrogen and oxygen atoms in total. The topological polar surface area (TPSA) is 50.4 Å². The Hall–Kier alpha value is -1.51. The molecule has 1 unspecified atom stereocenters. The van der Waals surface area contributed by atoms with Crippen LogP contribution >= 0.6 is 0 Å². The van der Waals surface area contributed by atoms with E-state index < -0.39 is 0 Å². The second-order valence-electron chi connectivity index (χ2n) is 3.78. The standard InChI is InChI=1S/C11H15N3/c1-7-3-4-9(8(2)5-7)10-6-13-11(12)14-10/h3-5,10H,6H2,1-2H3,(H3,12,13,14). The van der Waals surface area contributed by atoms with E-state index in [4.69, 9.17) is 5.73 Å². The summed E-state index contributed by atoms with van der Waals surface area (Å²) in [5, 5.41) is 3.16. The lowest BCUT2D eigenvalue weighted by molar-refractivity contribution is 0.702. The minimum atomic E-state index is 0.260. The second-order valence-corrected chi connectivity index (χ2v) is 3.78. The van der Waals surface area contributed by atoms with Crippen molar-refractivity contribution in [3.8, 4) is 0 Å². The molecule has 2 rings (SSSR count). The molecular weight excluding hydrogens is 174 g/mol. The van der Waals surface area contributed by atoms with Crippen molar-refractivity contribution in [1.29, 1.82) is 0 Å². The van der Waals surface area contributed by atoms with Gasteiger partial charge in [0.1, 0.15) is 0 Å². The lowest BCUT2D eigenvalue weighted by Crippen LogP contribution is -2.29. The quantitative estimate of drug-likeness (QED) is 0.698. The number of aliphatic imine (C=N–C) groups is 1. The smallest absolute Gasteiger partial charge is 0.189 e.